The first kappa shape index (κ1) is 25.8. The summed E-state index contributed by atoms with van der Waals surface area (Å²) >= 11 is 0.993. The molecule has 0 saturated heterocycles. The molecule has 1 atom stereocenters. The van der Waals surface area contributed by atoms with E-state index in [0.717, 1.165) is 29.1 Å². The largest absolute Gasteiger partial charge is 0.455 e. The van der Waals surface area contributed by atoms with Gasteiger partial charge in [-0.15, -0.1) is 0 Å². The van der Waals surface area contributed by atoms with Gasteiger partial charge in [0, 0.05) is 24.1 Å². The molecule has 0 fully saturated rings. The minimum atomic E-state index is -3.75. The number of nitrogens with zero attached hydrogens (tertiary/aromatic N) is 2. The molecule has 3 rings (SSSR count). The summed E-state index contributed by atoms with van der Waals surface area (Å²) in [6.07, 6.45) is 2.79. The number of Topliss-reactive ketones (excluding diaryl/α,β-unsaturated/α-hetero) is 1. The zero-order chi connectivity index (χ0) is 24.4. The van der Waals surface area contributed by atoms with Crippen molar-refractivity contribution in [2.24, 2.45) is 4.99 Å². The zero-order valence-corrected chi connectivity index (χ0v) is 21.0. The monoisotopic (exact) mass is 496 g/mol. The summed E-state index contributed by atoms with van der Waals surface area (Å²) < 4.78 is 20.2. The topological polar surface area (TPSA) is 79.2 Å². The quantitative estimate of drug-likeness (QED) is 0.210. The van der Waals surface area contributed by atoms with Crippen molar-refractivity contribution < 1.29 is 19.0 Å². The van der Waals surface area contributed by atoms with Crippen LogP contribution in [0, 0.1) is 0 Å². The Labute approximate surface area is 204 Å². The number of hydrogen-bond acceptors (Lipinski definition) is 5. The molecule has 0 spiro atoms. The fourth-order valence-corrected chi connectivity index (χ4v) is 6.48. The Hall–Kier alpha value is -2.86. The lowest BCUT2D eigenvalue weighted by atomic mass is 10.2. The fraction of sp³-hybridized carbons (Fsp3) is 0.231. The van der Waals surface area contributed by atoms with Crippen LogP contribution in [0.1, 0.15) is 32.3 Å². The highest BCUT2D eigenvalue weighted by molar-refractivity contribution is 8.56. The fourth-order valence-electron chi connectivity index (χ4n) is 3.03. The lowest BCUT2D eigenvalue weighted by Gasteiger charge is -2.28. The first-order valence-corrected chi connectivity index (χ1v) is 14.4. The number of rotatable bonds is 12. The number of benzene rings is 3. The van der Waals surface area contributed by atoms with Crippen LogP contribution in [-0.2, 0) is 9.36 Å². The molecule has 0 aliphatic heterocycles. The highest BCUT2D eigenvalue weighted by Gasteiger charge is 2.30. The molecule has 3 aromatic carbocycles. The van der Waals surface area contributed by atoms with Crippen molar-refractivity contribution in [3.05, 3.63) is 84.4 Å². The highest BCUT2D eigenvalue weighted by Crippen LogP contribution is 2.59. The maximum absolute atomic E-state index is 13.0. The average molecular weight is 497 g/mol. The van der Waals surface area contributed by atoms with Gasteiger partial charge in [-0.2, -0.15) is 0 Å². The number of ether oxygens (including phenoxy) is 1. The predicted molar refractivity (Wildman–Crippen MR) is 142 cm³/mol. The summed E-state index contributed by atoms with van der Waals surface area (Å²) in [5.41, 5.74) is 2.02. The van der Waals surface area contributed by atoms with Crippen LogP contribution in [0.2, 0.25) is 0 Å². The standard InChI is InChI=1S/C26H29N2O4PS/c1-3-18-34-33(30,31)28(20-23(29)4-2)22-16-14-21(15-17-22)19-27-25-12-8-9-13-26(25)32-24-10-6-5-7-11-24/h5-17,19H,3-4,18,20H2,1-2H3,(H,30,31). The Morgan fingerprint density at radius 1 is 1.03 bits per heavy atom. The molecule has 178 valence electrons. The molecular formula is C26H29N2O4PS. The van der Waals surface area contributed by atoms with Crippen molar-refractivity contribution in [3.8, 4) is 11.5 Å². The first-order chi connectivity index (χ1) is 16.4. The van der Waals surface area contributed by atoms with Crippen molar-refractivity contribution >= 4 is 41.5 Å². The molecule has 0 radical (unpaired) electrons. The third-order valence-electron chi connectivity index (χ3n) is 4.87. The van der Waals surface area contributed by atoms with Gasteiger partial charge in [-0.3, -0.25) is 19.0 Å². The first-order valence-electron chi connectivity index (χ1n) is 11.2. The van der Waals surface area contributed by atoms with E-state index in [1.807, 2.05) is 73.7 Å². The van der Waals surface area contributed by atoms with Gasteiger partial charge in [0.15, 0.2) is 11.5 Å². The second kappa shape index (κ2) is 12.6. The number of carbonyl (C=O) groups is 1. The molecule has 6 nitrogen and oxygen atoms in total. The Morgan fingerprint density at radius 2 is 1.71 bits per heavy atom. The molecule has 1 unspecified atom stereocenters. The summed E-state index contributed by atoms with van der Waals surface area (Å²) in [5, 5.41) is 0. The molecule has 8 heteroatoms. The zero-order valence-electron chi connectivity index (χ0n) is 19.3. The number of anilines is 1. The van der Waals surface area contributed by atoms with Gasteiger partial charge in [-0.1, -0.05) is 56.3 Å². The number of hydrogen-bond donors (Lipinski definition) is 1. The van der Waals surface area contributed by atoms with E-state index >= 15 is 0 Å². The summed E-state index contributed by atoms with van der Waals surface area (Å²) in [5.74, 6) is 1.82. The van der Waals surface area contributed by atoms with E-state index in [0.29, 0.717) is 29.3 Å². The molecule has 0 saturated carbocycles. The van der Waals surface area contributed by atoms with Crippen LogP contribution >= 0.6 is 18.1 Å². The summed E-state index contributed by atoms with van der Waals surface area (Å²) in [7, 11) is 0. The smallest absolute Gasteiger partial charge is 0.351 e. The normalized spacial score (nSPS) is 12.9. The molecule has 0 bridgehead atoms. The van der Waals surface area contributed by atoms with Crippen LogP contribution in [0.5, 0.6) is 11.5 Å². The number of para-hydroxylation sites is 3. The van der Waals surface area contributed by atoms with Crippen LogP contribution in [0.4, 0.5) is 11.4 Å². The van der Waals surface area contributed by atoms with Crippen LogP contribution < -0.4 is 9.41 Å². The van der Waals surface area contributed by atoms with Crippen LogP contribution in [0.3, 0.4) is 0 Å². The molecular weight excluding hydrogens is 467 g/mol. The second-order valence-corrected chi connectivity index (χ2v) is 11.8. The molecule has 0 amide bonds. The summed E-state index contributed by atoms with van der Waals surface area (Å²) in [6.45, 7) is -0.145. The van der Waals surface area contributed by atoms with E-state index in [1.165, 1.54) is 4.67 Å². The lowest BCUT2D eigenvalue weighted by Crippen LogP contribution is -2.25. The van der Waals surface area contributed by atoms with Gasteiger partial charge in [-0.05, 0) is 59.8 Å². The maximum atomic E-state index is 13.0. The van der Waals surface area contributed by atoms with Crippen LogP contribution in [-0.4, -0.2) is 29.2 Å². The van der Waals surface area contributed by atoms with E-state index in [2.05, 4.69) is 4.99 Å². The molecule has 0 heterocycles. The number of carbonyl (C=O) groups excluding carboxylic acids is 1. The lowest BCUT2D eigenvalue weighted by molar-refractivity contribution is -0.117. The van der Waals surface area contributed by atoms with Crippen molar-refractivity contribution in [1.82, 2.24) is 0 Å². The van der Waals surface area contributed by atoms with Gasteiger partial charge in [-0.25, -0.2) is 0 Å². The van der Waals surface area contributed by atoms with E-state index in [1.54, 1.807) is 25.3 Å². The minimum Gasteiger partial charge on any atom is -0.455 e. The molecule has 1 N–H and O–H groups in total. The number of aliphatic imine (C=N–C) groups is 1. The van der Waals surface area contributed by atoms with Crippen molar-refractivity contribution in [2.75, 3.05) is 17.0 Å². The molecule has 0 aliphatic rings. The minimum absolute atomic E-state index is 0.0907. The predicted octanol–water partition coefficient (Wildman–Crippen LogP) is 7.26. The Balaban J connectivity index is 1.79. The van der Waals surface area contributed by atoms with Gasteiger partial charge in [0.2, 0.25) is 0 Å². The van der Waals surface area contributed by atoms with E-state index in [-0.39, 0.29) is 12.3 Å². The Kier molecular flexibility index (Phi) is 9.52. The number of ketones is 1. The van der Waals surface area contributed by atoms with Gasteiger partial charge in [0.1, 0.15) is 11.4 Å². The highest BCUT2D eigenvalue weighted by atomic mass is 32.7. The maximum Gasteiger partial charge on any atom is 0.351 e. The molecule has 0 aromatic heterocycles. The summed E-state index contributed by atoms with van der Waals surface area (Å²) in [6, 6.07) is 24.1. The molecule has 34 heavy (non-hydrogen) atoms. The van der Waals surface area contributed by atoms with Crippen LogP contribution in [0.15, 0.2) is 83.9 Å². The van der Waals surface area contributed by atoms with E-state index in [4.69, 9.17) is 4.74 Å². The SMILES string of the molecule is CCCSP(=O)(O)N(CC(=O)CC)c1ccc(C=Nc2ccccc2Oc2ccccc2)cc1. The van der Waals surface area contributed by atoms with Crippen molar-refractivity contribution in [3.63, 3.8) is 0 Å². The van der Waals surface area contributed by atoms with Gasteiger partial charge >= 0.3 is 6.72 Å². The Morgan fingerprint density at radius 3 is 2.38 bits per heavy atom. The third kappa shape index (κ3) is 7.32. The van der Waals surface area contributed by atoms with Crippen molar-refractivity contribution in [1.29, 1.82) is 0 Å². The van der Waals surface area contributed by atoms with Crippen molar-refractivity contribution in [2.45, 2.75) is 26.7 Å². The second-order valence-electron chi connectivity index (χ2n) is 7.51. The Bertz CT molecular complexity index is 1150. The third-order valence-corrected chi connectivity index (χ3v) is 8.93. The molecule has 0 aliphatic carbocycles. The summed E-state index contributed by atoms with van der Waals surface area (Å²) in [4.78, 5) is 27.3. The van der Waals surface area contributed by atoms with Gasteiger partial charge < -0.3 is 9.63 Å². The van der Waals surface area contributed by atoms with Gasteiger partial charge in [0.05, 0.1) is 6.54 Å². The average Bonchev–Trinajstić information content (AvgIpc) is 2.86. The van der Waals surface area contributed by atoms with E-state index in [9.17, 15) is 14.3 Å². The van der Waals surface area contributed by atoms with Gasteiger partial charge in [0.25, 0.3) is 0 Å². The van der Waals surface area contributed by atoms with E-state index < -0.39 is 6.72 Å². The molecule has 3 aromatic rings. The van der Waals surface area contributed by atoms with Crippen LogP contribution in [0.25, 0.3) is 0 Å².